The van der Waals surface area contributed by atoms with E-state index in [1.54, 1.807) is 0 Å². The fourth-order valence-electron chi connectivity index (χ4n) is 4.49. The number of rotatable bonds is 6. The summed E-state index contributed by atoms with van der Waals surface area (Å²) in [7, 11) is -4.39. The van der Waals surface area contributed by atoms with Crippen molar-refractivity contribution in [2.45, 2.75) is 49.0 Å². The lowest BCUT2D eigenvalue weighted by Crippen LogP contribution is -2.53. The first-order valence-electron chi connectivity index (χ1n) is 8.64. The topological polar surface area (TPSA) is 183 Å². The molecule has 0 aromatic heterocycles. The third kappa shape index (κ3) is 3.92. The van der Waals surface area contributed by atoms with Crippen LogP contribution in [-0.4, -0.2) is 63.2 Å². The molecule has 2 aliphatic carbocycles. The van der Waals surface area contributed by atoms with E-state index in [9.17, 15) is 48.0 Å². The fraction of sp³-hybridized carbons (Fsp3) is 0.750. The molecule has 2 saturated carbocycles. The molecule has 0 radical (unpaired) electrons. The first kappa shape index (κ1) is 21.1. The highest BCUT2D eigenvalue weighted by molar-refractivity contribution is 7.92. The second-order valence-electron chi connectivity index (χ2n) is 7.15. The van der Waals surface area contributed by atoms with Gasteiger partial charge in [-0.3, -0.25) is 19.2 Å². The Bertz CT molecular complexity index is 686. The van der Waals surface area contributed by atoms with Crippen molar-refractivity contribution >= 4 is 33.7 Å². The molecule has 0 aromatic rings. The van der Waals surface area contributed by atoms with Crippen molar-refractivity contribution in [1.82, 2.24) is 0 Å². The molecular weight excluding hydrogens is 384 g/mol. The van der Waals surface area contributed by atoms with Crippen LogP contribution < -0.4 is 0 Å². The van der Waals surface area contributed by atoms with Crippen LogP contribution in [0.1, 0.15) is 38.5 Å². The van der Waals surface area contributed by atoms with Gasteiger partial charge in [-0.2, -0.15) is 0 Å². The Morgan fingerprint density at radius 3 is 1.19 bits per heavy atom. The minimum atomic E-state index is -4.39. The van der Waals surface area contributed by atoms with E-state index in [1.165, 1.54) is 0 Å². The smallest absolute Gasteiger partial charge is 0.308 e. The Labute approximate surface area is 155 Å². The van der Waals surface area contributed by atoms with Crippen LogP contribution in [0.5, 0.6) is 0 Å². The van der Waals surface area contributed by atoms with Gasteiger partial charge in [0.15, 0.2) is 9.84 Å². The molecule has 0 saturated heterocycles. The maximum atomic E-state index is 13.2. The van der Waals surface area contributed by atoms with Crippen LogP contribution in [0, 0.1) is 23.7 Å². The summed E-state index contributed by atoms with van der Waals surface area (Å²) in [6.45, 7) is 0. The molecule has 27 heavy (non-hydrogen) atoms. The first-order chi connectivity index (χ1) is 12.5. The number of carboxylic acid groups (broad SMARTS) is 4. The normalized spacial score (nSPS) is 34.5. The van der Waals surface area contributed by atoms with Crippen LogP contribution in [0.3, 0.4) is 0 Å². The molecule has 0 spiro atoms. The number of hydrogen-bond donors (Lipinski definition) is 4. The van der Waals surface area contributed by atoms with Crippen molar-refractivity contribution in [3.8, 4) is 0 Å². The zero-order valence-corrected chi connectivity index (χ0v) is 15.2. The van der Waals surface area contributed by atoms with Crippen molar-refractivity contribution < 1.29 is 48.0 Å². The van der Waals surface area contributed by atoms with E-state index in [0.29, 0.717) is 0 Å². The van der Waals surface area contributed by atoms with Crippen molar-refractivity contribution in [3.63, 3.8) is 0 Å². The average molecular weight is 406 g/mol. The van der Waals surface area contributed by atoms with Crippen LogP contribution >= 0.6 is 0 Å². The molecular formula is C16H22O10S. The second-order valence-corrected chi connectivity index (χ2v) is 9.53. The molecule has 0 heterocycles. The monoisotopic (exact) mass is 406 g/mol. The lowest BCUT2D eigenvalue weighted by atomic mass is 9.78. The quantitative estimate of drug-likeness (QED) is 0.478. The molecule has 2 rings (SSSR count). The lowest BCUT2D eigenvalue weighted by molar-refractivity contribution is -0.155. The van der Waals surface area contributed by atoms with Gasteiger partial charge < -0.3 is 20.4 Å². The van der Waals surface area contributed by atoms with E-state index in [2.05, 4.69) is 0 Å². The van der Waals surface area contributed by atoms with Gasteiger partial charge in [0.2, 0.25) is 0 Å². The van der Waals surface area contributed by atoms with Gasteiger partial charge in [-0.25, -0.2) is 8.42 Å². The van der Waals surface area contributed by atoms with E-state index in [1.807, 2.05) is 0 Å². The minimum Gasteiger partial charge on any atom is -0.481 e. The summed E-state index contributed by atoms with van der Waals surface area (Å²) in [5, 5.41) is 34.4. The zero-order valence-electron chi connectivity index (χ0n) is 14.4. The summed E-state index contributed by atoms with van der Waals surface area (Å²) in [4.78, 5) is 46.1. The highest BCUT2D eigenvalue weighted by atomic mass is 32.2. The van der Waals surface area contributed by atoms with Gasteiger partial charge in [0, 0.05) is 0 Å². The Balaban J connectivity index is 2.47. The van der Waals surface area contributed by atoms with Gasteiger partial charge in [0.1, 0.15) is 0 Å². The number of sulfone groups is 1. The average Bonchev–Trinajstić information content (AvgIpc) is 2.59. The molecule has 11 heteroatoms. The Morgan fingerprint density at radius 1 is 0.593 bits per heavy atom. The van der Waals surface area contributed by atoms with E-state index in [4.69, 9.17) is 0 Å². The van der Waals surface area contributed by atoms with Crippen molar-refractivity contribution in [2.24, 2.45) is 23.7 Å². The Kier molecular flexibility index (Phi) is 6.13. The largest absolute Gasteiger partial charge is 0.481 e. The highest BCUT2D eigenvalue weighted by Crippen LogP contribution is 2.42. The molecule has 6 unspecified atom stereocenters. The fourth-order valence-corrected chi connectivity index (χ4v) is 7.36. The predicted molar refractivity (Wildman–Crippen MR) is 88.7 cm³/mol. The number of hydrogen-bond acceptors (Lipinski definition) is 6. The molecule has 2 aliphatic rings. The van der Waals surface area contributed by atoms with Crippen molar-refractivity contribution in [3.05, 3.63) is 0 Å². The highest BCUT2D eigenvalue weighted by Gasteiger charge is 2.55. The molecule has 0 bridgehead atoms. The van der Waals surface area contributed by atoms with Crippen LogP contribution in [0.25, 0.3) is 0 Å². The van der Waals surface area contributed by atoms with Gasteiger partial charge in [-0.15, -0.1) is 0 Å². The summed E-state index contributed by atoms with van der Waals surface area (Å²) < 4.78 is 26.4. The SMILES string of the molecule is O=C(O)C1CCCC(S(=O)(=O)C2CCCC(C(=O)O)C2C(=O)O)C1C(=O)O. The number of carbonyl (C=O) groups is 4. The van der Waals surface area contributed by atoms with E-state index in [0.717, 1.165) is 0 Å². The summed E-state index contributed by atoms with van der Waals surface area (Å²) in [5.41, 5.74) is 0. The van der Waals surface area contributed by atoms with Crippen LogP contribution in [0.2, 0.25) is 0 Å². The molecule has 0 amide bonds. The molecule has 2 fully saturated rings. The van der Waals surface area contributed by atoms with Crippen LogP contribution in [0.15, 0.2) is 0 Å². The van der Waals surface area contributed by atoms with Crippen molar-refractivity contribution in [2.75, 3.05) is 0 Å². The minimum absolute atomic E-state index is 0.0170. The molecule has 6 atom stereocenters. The summed E-state index contributed by atoms with van der Waals surface area (Å²) in [5.74, 6) is -12.1. The standard InChI is InChI=1S/C16H22O10S/c17-13(18)7-3-1-5-9(11(7)15(21)22)27(25,26)10-6-2-4-8(14(19)20)12(10)16(23)24/h7-12H,1-6H2,(H,17,18)(H,19,20)(H,21,22)(H,23,24). The third-order valence-electron chi connectivity index (χ3n) is 5.72. The summed E-state index contributed by atoms with van der Waals surface area (Å²) in [6.07, 6.45) is 0.203. The maximum Gasteiger partial charge on any atom is 0.308 e. The molecule has 152 valence electrons. The molecule has 0 aromatic carbocycles. The van der Waals surface area contributed by atoms with Gasteiger partial charge in [0.25, 0.3) is 0 Å². The van der Waals surface area contributed by atoms with Crippen molar-refractivity contribution in [1.29, 1.82) is 0 Å². The Morgan fingerprint density at radius 2 is 0.926 bits per heavy atom. The van der Waals surface area contributed by atoms with Gasteiger partial charge >= 0.3 is 23.9 Å². The predicted octanol–water partition coefficient (Wildman–Crippen LogP) is 0.309. The first-order valence-corrected chi connectivity index (χ1v) is 10.2. The van der Waals surface area contributed by atoms with Crippen LogP contribution in [0.4, 0.5) is 0 Å². The molecule has 4 N–H and O–H groups in total. The third-order valence-corrected chi connectivity index (χ3v) is 8.47. The van der Waals surface area contributed by atoms with E-state index in [-0.39, 0.29) is 38.5 Å². The van der Waals surface area contributed by atoms with Gasteiger partial charge in [-0.05, 0) is 25.7 Å². The van der Waals surface area contributed by atoms with Gasteiger partial charge in [-0.1, -0.05) is 12.8 Å². The van der Waals surface area contributed by atoms with Gasteiger partial charge in [0.05, 0.1) is 34.2 Å². The Hall–Kier alpha value is -2.17. The van der Waals surface area contributed by atoms with E-state index < -0.39 is 67.9 Å². The summed E-state index contributed by atoms with van der Waals surface area (Å²) >= 11 is 0. The van der Waals surface area contributed by atoms with E-state index >= 15 is 0 Å². The lowest BCUT2D eigenvalue weighted by Gasteiger charge is -2.39. The second kappa shape index (κ2) is 7.83. The number of aliphatic carboxylic acids is 4. The number of carboxylic acids is 4. The maximum absolute atomic E-state index is 13.2. The molecule has 0 aliphatic heterocycles. The summed E-state index contributed by atoms with van der Waals surface area (Å²) in [6, 6.07) is 0. The zero-order chi connectivity index (χ0) is 20.5. The van der Waals surface area contributed by atoms with Crippen LogP contribution in [-0.2, 0) is 29.0 Å². The molecule has 10 nitrogen and oxygen atoms in total.